The molecular formula is C10H21NO2. The fraction of sp³-hybridized carbons (Fsp3) is 1.00. The van der Waals surface area contributed by atoms with Crippen molar-refractivity contribution in [2.75, 3.05) is 13.2 Å². The standard InChI is InChI=1S/C10H21NO2/c1-9(13)4-7-11-10(8-12)5-2-3-6-10/h9,11-13H,2-8H2,1H3. The Morgan fingerprint density at radius 3 is 2.46 bits per heavy atom. The quantitative estimate of drug-likeness (QED) is 0.592. The Kier molecular flexibility index (Phi) is 4.16. The van der Waals surface area contributed by atoms with Crippen molar-refractivity contribution in [3.05, 3.63) is 0 Å². The molecule has 0 aliphatic heterocycles. The van der Waals surface area contributed by atoms with Crippen LogP contribution in [0.1, 0.15) is 39.0 Å². The van der Waals surface area contributed by atoms with Gasteiger partial charge in [-0.15, -0.1) is 0 Å². The molecule has 0 saturated heterocycles. The van der Waals surface area contributed by atoms with Crippen LogP contribution in [0.15, 0.2) is 0 Å². The molecule has 1 unspecified atom stereocenters. The van der Waals surface area contributed by atoms with Gasteiger partial charge in [0.25, 0.3) is 0 Å². The van der Waals surface area contributed by atoms with E-state index in [-0.39, 0.29) is 18.2 Å². The number of aliphatic hydroxyl groups excluding tert-OH is 2. The molecule has 0 aromatic rings. The Balaban J connectivity index is 2.23. The summed E-state index contributed by atoms with van der Waals surface area (Å²) in [4.78, 5) is 0. The average Bonchev–Trinajstić information content (AvgIpc) is 2.53. The van der Waals surface area contributed by atoms with Gasteiger partial charge >= 0.3 is 0 Å². The van der Waals surface area contributed by atoms with Crippen LogP contribution in [0, 0.1) is 0 Å². The zero-order chi connectivity index (χ0) is 9.73. The van der Waals surface area contributed by atoms with E-state index in [0.29, 0.717) is 0 Å². The van der Waals surface area contributed by atoms with Gasteiger partial charge in [0.05, 0.1) is 12.7 Å². The van der Waals surface area contributed by atoms with E-state index in [9.17, 15) is 5.11 Å². The average molecular weight is 187 g/mol. The summed E-state index contributed by atoms with van der Waals surface area (Å²) in [5, 5.41) is 21.7. The predicted molar refractivity (Wildman–Crippen MR) is 52.6 cm³/mol. The molecule has 1 aliphatic rings. The van der Waals surface area contributed by atoms with E-state index in [1.807, 2.05) is 0 Å². The zero-order valence-corrected chi connectivity index (χ0v) is 8.42. The van der Waals surface area contributed by atoms with Gasteiger partial charge in [0.2, 0.25) is 0 Å². The van der Waals surface area contributed by atoms with Crippen LogP contribution in [0.2, 0.25) is 0 Å². The van der Waals surface area contributed by atoms with Crippen molar-refractivity contribution in [2.45, 2.75) is 50.7 Å². The summed E-state index contributed by atoms with van der Waals surface area (Å²) in [6.07, 6.45) is 5.09. The predicted octanol–water partition coefficient (Wildman–Crippen LogP) is 0.652. The number of aliphatic hydroxyl groups is 2. The molecule has 0 heterocycles. The molecule has 0 spiro atoms. The fourth-order valence-electron chi connectivity index (χ4n) is 1.99. The Bertz CT molecular complexity index is 142. The molecule has 78 valence electrons. The minimum absolute atomic E-state index is 0.0328. The van der Waals surface area contributed by atoms with Gasteiger partial charge in [-0.2, -0.15) is 0 Å². The Labute approximate surface area is 80.2 Å². The van der Waals surface area contributed by atoms with Gasteiger partial charge in [0.15, 0.2) is 0 Å². The van der Waals surface area contributed by atoms with Crippen LogP contribution >= 0.6 is 0 Å². The summed E-state index contributed by atoms with van der Waals surface area (Å²) < 4.78 is 0. The first-order valence-electron chi connectivity index (χ1n) is 5.22. The summed E-state index contributed by atoms with van der Waals surface area (Å²) in [5.74, 6) is 0. The summed E-state index contributed by atoms with van der Waals surface area (Å²) >= 11 is 0. The van der Waals surface area contributed by atoms with E-state index < -0.39 is 0 Å². The molecule has 1 saturated carbocycles. The molecule has 1 fully saturated rings. The maximum atomic E-state index is 9.26. The highest BCUT2D eigenvalue weighted by Crippen LogP contribution is 2.28. The molecule has 1 rings (SSSR count). The first-order chi connectivity index (χ1) is 6.18. The van der Waals surface area contributed by atoms with Crippen LogP contribution in [0.3, 0.4) is 0 Å². The minimum atomic E-state index is -0.246. The third-order valence-electron chi connectivity index (χ3n) is 2.93. The van der Waals surface area contributed by atoms with Gasteiger partial charge in [-0.3, -0.25) is 0 Å². The highest BCUT2D eigenvalue weighted by molar-refractivity contribution is 4.91. The van der Waals surface area contributed by atoms with Crippen LogP contribution < -0.4 is 5.32 Å². The van der Waals surface area contributed by atoms with Gasteiger partial charge in [-0.05, 0) is 32.7 Å². The maximum Gasteiger partial charge on any atom is 0.0613 e. The van der Waals surface area contributed by atoms with Crippen LogP contribution in [-0.4, -0.2) is 35.0 Å². The van der Waals surface area contributed by atoms with Gasteiger partial charge in [0.1, 0.15) is 0 Å². The molecule has 0 aromatic carbocycles. The molecule has 3 heteroatoms. The zero-order valence-electron chi connectivity index (χ0n) is 8.42. The van der Waals surface area contributed by atoms with Crippen molar-refractivity contribution in [1.29, 1.82) is 0 Å². The van der Waals surface area contributed by atoms with Crippen molar-refractivity contribution in [2.24, 2.45) is 0 Å². The SMILES string of the molecule is CC(O)CCNC1(CO)CCCC1. The smallest absolute Gasteiger partial charge is 0.0613 e. The highest BCUT2D eigenvalue weighted by Gasteiger charge is 2.32. The first kappa shape index (κ1) is 11.0. The number of hydrogen-bond donors (Lipinski definition) is 3. The molecule has 0 radical (unpaired) electrons. The minimum Gasteiger partial charge on any atom is -0.394 e. The Hall–Kier alpha value is -0.120. The summed E-state index contributed by atoms with van der Waals surface area (Å²) in [5.41, 5.74) is -0.0328. The van der Waals surface area contributed by atoms with E-state index in [2.05, 4.69) is 5.32 Å². The van der Waals surface area contributed by atoms with Crippen molar-refractivity contribution >= 4 is 0 Å². The molecule has 0 amide bonds. The molecule has 13 heavy (non-hydrogen) atoms. The van der Waals surface area contributed by atoms with Gasteiger partial charge in [-0.25, -0.2) is 0 Å². The Morgan fingerprint density at radius 2 is 2.00 bits per heavy atom. The number of rotatable bonds is 5. The van der Waals surface area contributed by atoms with E-state index in [1.165, 1.54) is 12.8 Å². The second-order valence-electron chi connectivity index (χ2n) is 4.21. The highest BCUT2D eigenvalue weighted by atomic mass is 16.3. The third-order valence-corrected chi connectivity index (χ3v) is 2.93. The van der Waals surface area contributed by atoms with Crippen molar-refractivity contribution in [3.8, 4) is 0 Å². The van der Waals surface area contributed by atoms with Crippen molar-refractivity contribution < 1.29 is 10.2 Å². The lowest BCUT2D eigenvalue weighted by atomic mass is 9.99. The van der Waals surface area contributed by atoms with Crippen molar-refractivity contribution in [3.63, 3.8) is 0 Å². The monoisotopic (exact) mass is 187 g/mol. The summed E-state index contributed by atoms with van der Waals surface area (Å²) in [7, 11) is 0. The molecule has 0 bridgehead atoms. The molecule has 3 N–H and O–H groups in total. The second-order valence-corrected chi connectivity index (χ2v) is 4.21. The number of nitrogens with one attached hydrogen (secondary N) is 1. The molecule has 1 atom stereocenters. The molecule has 3 nitrogen and oxygen atoms in total. The molecule has 1 aliphatic carbocycles. The third kappa shape index (κ3) is 3.25. The van der Waals surface area contributed by atoms with E-state index in [1.54, 1.807) is 6.92 Å². The molecular weight excluding hydrogens is 166 g/mol. The number of hydrogen-bond acceptors (Lipinski definition) is 3. The van der Waals surface area contributed by atoms with E-state index >= 15 is 0 Å². The van der Waals surface area contributed by atoms with Gasteiger partial charge in [0, 0.05) is 5.54 Å². The topological polar surface area (TPSA) is 52.5 Å². The molecule has 0 aromatic heterocycles. The lowest BCUT2D eigenvalue weighted by Gasteiger charge is -2.28. The summed E-state index contributed by atoms with van der Waals surface area (Å²) in [6, 6.07) is 0. The van der Waals surface area contributed by atoms with Crippen LogP contribution in [0.5, 0.6) is 0 Å². The lowest BCUT2D eigenvalue weighted by Crippen LogP contribution is -2.46. The van der Waals surface area contributed by atoms with Crippen LogP contribution in [0.4, 0.5) is 0 Å². The van der Waals surface area contributed by atoms with E-state index in [0.717, 1.165) is 25.8 Å². The normalized spacial score (nSPS) is 23.3. The van der Waals surface area contributed by atoms with Crippen LogP contribution in [0.25, 0.3) is 0 Å². The maximum absolute atomic E-state index is 9.26. The van der Waals surface area contributed by atoms with Gasteiger partial charge in [-0.1, -0.05) is 12.8 Å². The second kappa shape index (κ2) is 4.94. The van der Waals surface area contributed by atoms with E-state index in [4.69, 9.17) is 5.11 Å². The van der Waals surface area contributed by atoms with Crippen LogP contribution in [-0.2, 0) is 0 Å². The van der Waals surface area contributed by atoms with Gasteiger partial charge < -0.3 is 15.5 Å². The Morgan fingerprint density at radius 1 is 1.38 bits per heavy atom. The fourth-order valence-corrected chi connectivity index (χ4v) is 1.99. The first-order valence-corrected chi connectivity index (χ1v) is 5.22. The van der Waals surface area contributed by atoms with Crippen molar-refractivity contribution in [1.82, 2.24) is 5.32 Å². The largest absolute Gasteiger partial charge is 0.394 e. The summed E-state index contributed by atoms with van der Waals surface area (Å²) in [6.45, 7) is 2.83. The lowest BCUT2D eigenvalue weighted by molar-refractivity contribution is 0.146.